The molecule has 1 aromatic heterocycles. The standard InChI is InChI=1S/C6H6F3N3O2/c1-12-4(10-5(13)14)2-3(11-12)6(7,8)9/h2,10H,1H3,(H,13,14). The highest BCUT2D eigenvalue weighted by molar-refractivity contribution is 5.81. The smallest absolute Gasteiger partial charge is 0.435 e. The van der Waals surface area contributed by atoms with Gasteiger partial charge in [0.25, 0.3) is 0 Å². The van der Waals surface area contributed by atoms with Gasteiger partial charge in [0.15, 0.2) is 5.69 Å². The molecule has 78 valence electrons. The molecule has 0 aliphatic carbocycles. The minimum Gasteiger partial charge on any atom is -0.465 e. The summed E-state index contributed by atoms with van der Waals surface area (Å²) in [6.45, 7) is 0. The molecule has 0 aliphatic rings. The van der Waals surface area contributed by atoms with Gasteiger partial charge in [0.2, 0.25) is 0 Å². The fourth-order valence-corrected chi connectivity index (χ4v) is 0.832. The Balaban J connectivity index is 2.99. The van der Waals surface area contributed by atoms with Crippen LogP contribution >= 0.6 is 0 Å². The molecular formula is C6H6F3N3O2. The van der Waals surface area contributed by atoms with E-state index in [1.807, 2.05) is 0 Å². The number of anilines is 1. The average molecular weight is 209 g/mol. The van der Waals surface area contributed by atoms with Gasteiger partial charge in [-0.15, -0.1) is 0 Å². The number of hydrogen-bond acceptors (Lipinski definition) is 2. The molecule has 0 bridgehead atoms. The molecule has 0 spiro atoms. The summed E-state index contributed by atoms with van der Waals surface area (Å²) in [5, 5.41) is 13.2. The molecule has 2 N–H and O–H groups in total. The average Bonchev–Trinajstić information content (AvgIpc) is 2.30. The highest BCUT2D eigenvalue weighted by atomic mass is 19.4. The number of alkyl halides is 3. The van der Waals surface area contributed by atoms with Gasteiger partial charge in [-0.2, -0.15) is 18.3 Å². The Morgan fingerprint density at radius 3 is 2.57 bits per heavy atom. The lowest BCUT2D eigenvalue weighted by Gasteiger charge is -1.98. The Labute approximate surface area is 76.1 Å². The molecule has 0 radical (unpaired) electrons. The number of halogens is 3. The molecule has 0 fully saturated rings. The number of aryl methyl sites for hydroxylation is 1. The van der Waals surface area contributed by atoms with E-state index >= 15 is 0 Å². The summed E-state index contributed by atoms with van der Waals surface area (Å²) in [6, 6.07) is 0.619. The molecule has 0 unspecified atom stereocenters. The molecule has 0 saturated heterocycles. The number of carboxylic acid groups (broad SMARTS) is 1. The summed E-state index contributed by atoms with van der Waals surface area (Å²) in [6.07, 6.45) is -6.02. The van der Waals surface area contributed by atoms with Crippen molar-refractivity contribution in [2.24, 2.45) is 7.05 Å². The number of amides is 1. The maximum Gasteiger partial charge on any atom is 0.435 e. The van der Waals surface area contributed by atoms with Gasteiger partial charge in [-0.25, -0.2) is 4.79 Å². The van der Waals surface area contributed by atoms with Crippen LogP contribution < -0.4 is 5.32 Å². The number of nitrogens with one attached hydrogen (secondary N) is 1. The number of rotatable bonds is 1. The third kappa shape index (κ3) is 2.15. The van der Waals surface area contributed by atoms with E-state index in [1.54, 1.807) is 5.32 Å². The first-order valence-electron chi connectivity index (χ1n) is 3.42. The third-order valence-corrected chi connectivity index (χ3v) is 1.41. The molecule has 1 heterocycles. The van der Waals surface area contributed by atoms with Gasteiger partial charge in [-0.1, -0.05) is 0 Å². The molecule has 14 heavy (non-hydrogen) atoms. The first-order chi connectivity index (χ1) is 6.30. The molecule has 0 atom stereocenters. The van der Waals surface area contributed by atoms with Crippen LogP contribution in [0.2, 0.25) is 0 Å². The Hall–Kier alpha value is -1.73. The minimum atomic E-state index is -4.57. The largest absolute Gasteiger partial charge is 0.465 e. The maximum atomic E-state index is 12.1. The lowest BCUT2D eigenvalue weighted by Crippen LogP contribution is -2.10. The van der Waals surface area contributed by atoms with Crippen LogP contribution in [0.1, 0.15) is 5.69 Å². The molecule has 0 saturated carbocycles. The van der Waals surface area contributed by atoms with Crippen molar-refractivity contribution in [1.82, 2.24) is 9.78 Å². The zero-order chi connectivity index (χ0) is 10.9. The molecule has 5 nitrogen and oxygen atoms in total. The van der Waals surface area contributed by atoms with E-state index in [4.69, 9.17) is 5.11 Å². The second-order valence-corrected chi connectivity index (χ2v) is 2.47. The summed E-state index contributed by atoms with van der Waals surface area (Å²) in [7, 11) is 1.21. The number of carbonyl (C=O) groups is 1. The van der Waals surface area contributed by atoms with Crippen molar-refractivity contribution in [3.8, 4) is 0 Å². The van der Waals surface area contributed by atoms with E-state index in [0.29, 0.717) is 6.07 Å². The summed E-state index contributed by atoms with van der Waals surface area (Å²) >= 11 is 0. The first kappa shape index (κ1) is 10.4. The second kappa shape index (κ2) is 3.20. The normalized spacial score (nSPS) is 11.4. The lowest BCUT2D eigenvalue weighted by molar-refractivity contribution is -0.141. The summed E-state index contributed by atoms with van der Waals surface area (Å²) in [5.74, 6) is -0.232. The van der Waals surface area contributed by atoms with Crippen LogP contribution in [0.5, 0.6) is 0 Å². The van der Waals surface area contributed by atoms with Crippen LogP contribution in [0.25, 0.3) is 0 Å². The highest BCUT2D eigenvalue weighted by Gasteiger charge is 2.34. The van der Waals surface area contributed by atoms with Gasteiger partial charge in [0, 0.05) is 13.1 Å². The Morgan fingerprint density at radius 2 is 2.21 bits per heavy atom. The Kier molecular flexibility index (Phi) is 2.37. The van der Waals surface area contributed by atoms with Crippen molar-refractivity contribution in [2.45, 2.75) is 6.18 Å². The van der Waals surface area contributed by atoms with Crippen molar-refractivity contribution in [3.05, 3.63) is 11.8 Å². The Morgan fingerprint density at radius 1 is 1.64 bits per heavy atom. The molecule has 1 amide bonds. The van der Waals surface area contributed by atoms with E-state index in [2.05, 4.69) is 5.10 Å². The van der Waals surface area contributed by atoms with Crippen LogP contribution in [0.4, 0.5) is 23.8 Å². The molecule has 1 aromatic rings. The number of nitrogens with zero attached hydrogens (tertiary/aromatic N) is 2. The van der Waals surface area contributed by atoms with E-state index in [-0.39, 0.29) is 5.82 Å². The number of aromatic nitrogens is 2. The predicted octanol–water partition coefficient (Wildman–Crippen LogP) is 1.53. The second-order valence-electron chi connectivity index (χ2n) is 2.47. The fourth-order valence-electron chi connectivity index (χ4n) is 0.832. The monoisotopic (exact) mass is 209 g/mol. The minimum absolute atomic E-state index is 0.232. The van der Waals surface area contributed by atoms with Crippen LogP contribution in [0.15, 0.2) is 6.07 Å². The topological polar surface area (TPSA) is 67.2 Å². The van der Waals surface area contributed by atoms with Crippen LogP contribution in [0.3, 0.4) is 0 Å². The molecular weight excluding hydrogens is 203 g/mol. The molecule has 0 aliphatic heterocycles. The predicted molar refractivity (Wildman–Crippen MR) is 39.9 cm³/mol. The SMILES string of the molecule is Cn1nc(C(F)(F)F)cc1NC(=O)O. The van der Waals surface area contributed by atoms with Crippen LogP contribution in [0, 0.1) is 0 Å². The van der Waals surface area contributed by atoms with Gasteiger partial charge in [-0.05, 0) is 0 Å². The summed E-state index contributed by atoms with van der Waals surface area (Å²) in [4.78, 5) is 10.1. The van der Waals surface area contributed by atoms with Crippen molar-refractivity contribution < 1.29 is 23.1 Å². The van der Waals surface area contributed by atoms with Crippen LogP contribution in [-0.4, -0.2) is 21.0 Å². The van der Waals surface area contributed by atoms with Crippen molar-refractivity contribution in [2.75, 3.05) is 5.32 Å². The van der Waals surface area contributed by atoms with E-state index < -0.39 is 18.0 Å². The van der Waals surface area contributed by atoms with Gasteiger partial charge in [0.1, 0.15) is 5.82 Å². The van der Waals surface area contributed by atoms with Crippen molar-refractivity contribution in [3.63, 3.8) is 0 Å². The maximum absolute atomic E-state index is 12.1. The molecule has 1 rings (SSSR count). The quantitative estimate of drug-likeness (QED) is 0.736. The first-order valence-corrected chi connectivity index (χ1v) is 3.42. The zero-order valence-electron chi connectivity index (χ0n) is 6.96. The third-order valence-electron chi connectivity index (χ3n) is 1.41. The molecule has 8 heteroatoms. The fraction of sp³-hybridized carbons (Fsp3) is 0.333. The van der Waals surface area contributed by atoms with Gasteiger partial charge >= 0.3 is 12.3 Å². The lowest BCUT2D eigenvalue weighted by atomic mass is 10.4. The van der Waals surface area contributed by atoms with Crippen molar-refractivity contribution in [1.29, 1.82) is 0 Å². The number of hydrogen-bond donors (Lipinski definition) is 2. The van der Waals surface area contributed by atoms with Crippen LogP contribution in [-0.2, 0) is 13.2 Å². The van der Waals surface area contributed by atoms with E-state index in [9.17, 15) is 18.0 Å². The zero-order valence-corrected chi connectivity index (χ0v) is 6.96. The molecule has 0 aromatic carbocycles. The van der Waals surface area contributed by atoms with Gasteiger partial charge in [-0.3, -0.25) is 10.00 Å². The Bertz CT molecular complexity index is 358. The van der Waals surface area contributed by atoms with E-state index in [0.717, 1.165) is 4.68 Å². The summed E-state index contributed by atoms with van der Waals surface area (Å²) < 4.78 is 37.0. The van der Waals surface area contributed by atoms with E-state index in [1.165, 1.54) is 7.05 Å². The highest BCUT2D eigenvalue weighted by Crippen LogP contribution is 2.29. The van der Waals surface area contributed by atoms with Crippen molar-refractivity contribution >= 4 is 11.9 Å². The van der Waals surface area contributed by atoms with Gasteiger partial charge < -0.3 is 5.11 Å². The van der Waals surface area contributed by atoms with Gasteiger partial charge in [0.05, 0.1) is 0 Å². The summed E-state index contributed by atoms with van der Waals surface area (Å²) in [5.41, 5.74) is -1.14.